The lowest BCUT2D eigenvalue weighted by atomic mass is 9.89. The SMILES string of the molecule is COc1ccc(NC(=O)NCc2cccc(C3(C)CCSC(N)=N3)c2)cc1. The van der Waals surface area contributed by atoms with Crippen LogP contribution < -0.4 is 21.1 Å². The third kappa shape index (κ3) is 4.95. The van der Waals surface area contributed by atoms with Gasteiger partial charge in [0.1, 0.15) is 5.75 Å². The highest BCUT2D eigenvalue weighted by molar-refractivity contribution is 8.13. The van der Waals surface area contributed by atoms with Gasteiger partial charge in [-0.05, 0) is 48.7 Å². The van der Waals surface area contributed by atoms with Crippen LogP contribution in [-0.4, -0.2) is 24.1 Å². The van der Waals surface area contributed by atoms with E-state index in [1.165, 1.54) is 0 Å². The molecule has 2 aromatic carbocycles. The van der Waals surface area contributed by atoms with Gasteiger partial charge < -0.3 is 21.1 Å². The van der Waals surface area contributed by atoms with E-state index in [0.29, 0.717) is 17.4 Å². The minimum absolute atomic E-state index is 0.256. The summed E-state index contributed by atoms with van der Waals surface area (Å²) in [6.45, 7) is 2.53. The number of nitrogens with two attached hydrogens (primary N) is 1. The molecule has 2 aromatic rings. The highest BCUT2D eigenvalue weighted by atomic mass is 32.2. The first-order chi connectivity index (χ1) is 13.0. The summed E-state index contributed by atoms with van der Waals surface area (Å²) in [5, 5.41) is 6.32. The standard InChI is InChI=1S/C20H24N4O2S/c1-20(10-11-27-18(21)24-20)15-5-3-4-14(12-15)13-22-19(25)23-16-6-8-17(26-2)9-7-16/h3-9,12H,10-11,13H2,1-2H3,(H2,21,24)(H2,22,23,25). The lowest BCUT2D eigenvalue weighted by Crippen LogP contribution is -2.30. The van der Waals surface area contributed by atoms with E-state index in [1.54, 1.807) is 43.1 Å². The molecule has 0 fully saturated rings. The molecular formula is C20H24N4O2S. The van der Waals surface area contributed by atoms with Crippen molar-refractivity contribution in [2.75, 3.05) is 18.2 Å². The van der Waals surface area contributed by atoms with Crippen molar-refractivity contribution in [3.63, 3.8) is 0 Å². The molecule has 1 heterocycles. The number of carbonyl (C=O) groups is 1. The van der Waals surface area contributed by atoms with Gasteiger partial charge in [0.05, 0.1) is 12.6 Å². The quantitative estimate of drug-likeness (QED) is 0.734. The van der Waals surface area contributed by atoms with Gasteiger partial charge in [0.2, 0.25) is 0 Å². The predicted molar refractivity (Wildman–Crippen MR) is 111 cm³/mol. The number of anilines is 1. The maximum Gasteiger partial charge on any atom is 0.319 e. The maximum absolute atomic E-state index is 12.1. The summed E-state index contributed by atoms with van der Waals surface area (Å²) in [6.07, 6.45) is 0.938. The number of nitrogens with one attached hydrogen (secondary N) is 2. The molecule has 6 nitrogen and oxygen atoms in total. The second-order valence-corrected chi connectivity index (χ2v) is 7.67. The van der Waals surface area contributed by atoms with E-state index >= 15 is 0 Å². The average Bonchev–Trinajstić information content (AvgIpc) is 2.67. The Labute approximate surface area is 163 Å². The molecule has 4 N–H and O–H groups in total. The number of amidine groups is 1. The van der Waals surface area contributed by atoms with Crippen molar-refractivity contribution in [2.45, 2.75) is 25.4 Å². The van der Waals surface area contributed by atoms with E-state index in [2.05, 4.69) is 34.7 Å². The van der Waals surface area contributed by atoms with Gasteiger partial charge in [0.25, 0.3) is 0 Å². The summed E-state index contributed by atoms with van der Waals surface area (Å²) in [5.74, 6) is 1.70. The average molecular weight is 385 g/mol. The Morgan fingerprint density at radius 1 is 1.30 bits per heavy atom. The molecule has 27 heavy (non-hydrogen) atoms. The largest absolute Gasteiger partial charge is 0.497 e. The zero-order chi connectivity index (χ0) is 19.3. The van der Waals surface area contributed by atoms with Crippen molar-refractivity contribution in [3.05, 3.63) is 59.7 Å². The zero-order valence-electron chi connectivity index (χ0n) is 15.5. The molecule has 1 atom stereocenters. The molecule has 2 amide bonds. The van der Waals surface area contributed by atoms with Crippen LogP contribution in [0.3, 0.4) is 0 Å². The lowest BCUT2D eigenvalue weighted by molar-refractivity contribution is 0.251. The molecule has 0 aliphatic carbocycles. The number of amides is 2. The Balaban J connectivity index is 1.61. The predicted octanol–water partition coefficient (Wildman–Crippen LogP) is 3.68. The molecule has 1 aliphatic rings. The van der Waals surface area contributed by atoms with Crippen LogP contribution in [0.5, 0.6) is 5.75 Å². The Morgan fingerprint density at radius 2 is 2.07 bits per heavy atom. The van der Waals surface area contributed by atoms with Gasteiger partial charge in [-0.15, -0.1) is 0 Å². The van der Waals surface area contributed by atoms with Crippen LogP contribution in [0.15, 0.2) is 53.5 Å². The van der Waals surface area contributed by atoms with Crippen LogP contribution in [0.1, 0.15) is 24.5 Å². The second-order valence-electron chi connectivity index (χ2n) is 6.56. The zero-order valence-corrected chi connectivity index (χ0v) is 16.3. The van der Waals surface area contributed by atoms with E-state index in [9.17, 15) is 4.79 Å². The molecule has 0 spiro atoms. The smallest absolute Gasteiger partial charge is 0.319 e. The number of benzene rings is 2. The van der Waals surface area contributed by atoms with Gasteiger partial charge in [0.15, 0.2) is 5.17 Å². The van der Waals surface area contributed by atoms with Gasteiger partial charge in [-0.25, -0.2) is 4.79 Å². The van der Waals surface area contributed by atoms with Crippen LogP contribution in [-0.2, 0) is 12.1 Å². The Hall–Kier alpha value is -2.67. The molecule has 1 aliphatic heterocycles. The summed E-state index contributed by atoms with van der Waals surface area (Å²) in [4.78, 5) is 16.8. The molecule has 0 saturated carbocycles. The molecular weight excluding hydrogens is 360 g/mol. The number of hydrogen-bond acceptors (Lipinski definition) is 5. The first-order valence-corrected chi connectivity index (χ1v) is 9.73. The van der Waals surface area contributed by atoms with Crippen LogP contribution in [0.4, 0.5) is 10.5 Å². The van der Waals surface area contributed by atoms with Crippen molar-refractivity contribution in [1.82, 2.24) is 5.32 Å². The molecule has 0 radical (unpaired) electrons. The normalized spacial score (nSPS) is 19.1. The lowest BCUT2D eigenvalue weighted by Gasteiger charge is -2.30. The van der Waals surface area contributed by atoms with Crippen molar-refractivity contribution in [1.29, 1.82) is 0 Å². The number of methoxy groups -OCH3 is 1. The van der Waals surface area contributed by atoms with E-state index in [0.717, 1.165) is 29.1 Å². The number of ether oxygens (including phenoxy) is 1. The number of thioether (sulfide) groups is 1. The van der Waals surface area contributed by atoms with Gasteiger partial charge in [-0.3, -0.25) is 4.99 Å². The Kier molecular flexibility index (Phi) is 5.91. The highest BCUT2D eigenvalue weighted by Crippen LogP contribution is 2.35. The van der Waals surface area contributed by atoms with Crippen LogP contribution in [0.25, 0.3) is 0 Å². The molecule has 0 bridgehead atoms. The Morgan fingerprint density at radius 3 is 2.78 bits per heavy atom. The van der Waals surface area contributed by atoms with E-state index in [-0.39, 0.29) is 11.6 Å². The molecule has 0 saturated heterocycles. The van der Waals surface area contributed by atoms with Gasteiger partial charge in [0, 0.05) is 18.0 Å². The van der Waals surface area contributed by atoms with Crippen molar-refractivity contribution in [3.8, 4) is 5.75 Å². The summed E-state index contributed by atoms with van der Waals surface area (Å²) in [7, 11) is 1.61. The maximum atomic E-state index is 12.1. The highest BCUT2D eigenvalue weighted by Gasteiger charge is 2.29. The van der Waals surface area contributed by atoms with Crippen LogP contribution in [0.2, 0.25) is 0 Å². The number of rotatable bonds is 5. The number of hydrogen-bond donors (Lipinski definition) is 3. The van der Waals surface area contributed by atoms with Gasteiger partial charge in [-0.1, -0.05) is 36.0 Å². The minimum Gasteiger partial charge on any atom is -0.497 e. The molecule has 1 unspecified atom stereocenters. The third-order valence-electron chi connectivity index (χ3n) is 4.55. The van der Waals surface area contributed by atoms with Gasteiger partial charge >= 0.3 is 6.03 Å². The number of carbonyl (C=O) groups excluding carboxylic acids is 1. The molecule has 7 heteroatoms. The van der Waals surface area contributed by atoms with Crippen molar-refractivity contribution >= 4 is 28.6 Å². The minimum atomic E-state index is -0.309. The summed E-state index contributed by atoms with van der Waals surface area (Å²) in [5.41, 5.74) is 8.44. The first-order valence-electron chi connectivity index (χ1n) is 8.75. The fourth-order valence-electron chi connectivity index (χ4n) is 2.94. The molecule has 3 rings (SSSR count). The fraction of sp³-hybridized carbons (Fsp3) is 0.300. The Bertz CT molecular complexity index is 838. The summed E-state index contributed by atoms with van der Waals surface area (Å²) < 4.78 is 5.11. The first kappa shape index (κ1) is 19.1. The molecule has 142 valence electrons. The van der Waals surface area contributed by atoms with E-state index in [4.69, 9.17) is 10.5 Å². The van der Waals surface area contributed by atoms with E-state index < -0.39 is 0 Å². The van der Waals surface area contributed by atoms with Crippen LogP contribution >= 0.6 is 11.8 Å². The monoisotopic (exact) mass is 384 g/mol. The third-order valence-corrected chi connectivity index (χ3v) is 5.34. The number of aliphatic imine (C=N–C) groups is 1. The van der Waals surface area contributed by atoms with E-state index in [1.807, 2.05) is 12.1 Å². The van der Waals surface area contributed by atoms with Crippen molar-refractivity contribution < 1.29 is 9.53 Å². The topological polar surface area (TPSA) is 88.7 Å². The second kappa shape index (κ2) is 8.35. The summed E-state index contributed by atoms with van der Waals surface area (Å²) in [6, 6.07) is 15.1. The van der Waals surface area contributed by atoms with Crippen molar-refractivity contribution in [2.24, 2.45) is 10.7 Å². The fourth-order valence-corrected chi connectivity index (χ4v) is 3.92. The number of urea groups is 1. The number of nitrogens with zero attached hydrogens (tertiary/aromatic N) is 1. The van der Waals surface area contributed by atoms with Gasteiger partial charge in [-0.2, -0.15) is 0 Å². The molecule has 0 aromatic heterocycles. The van der Waals surface area contributed by atoms with Crippen LogP contribution in [0, 0.1) is 0 Å². The summed E-state index contributed by atoms with van der Waals surface area (Å²) >= 11 is 1.59.